The lowest BCUT2D eigenvalue weighted by Crippen LogP contribution is -2.37. The first kappa shape index (κ1) is 20.9. The van der Waals surface area contributed by atoms with Crippen LogP contribution in [0.5, 0.6) is 5.75 Å². The Labute approximate surface area is 181 Å². The molecule has 0 aromatic heterocycles. The minimum Gasteiger partial charge on any atom is -0.494 e. The van der Waals surface area contributed by atoms with E-state index < -0.39 is 9.84 Å². The van der Waals surface area contributed by atoms with Gasteiger partial charge in [-0.25, -0.2) is 8.42 Å². The van der Waals surface area contributed by atoms with Gasteiger partial charge < -0.3 is 9.64 Å². The van der Waals surface area contributed by atoms with Gasteiger partial charge >= 0.3 is 0 Å². The number of amides is 1. The number of amidine groups is 1. The van der Waals surface area contributed by atoms with E-state index in [2.05, 4.69) is 4.99 Å². The molecule has 0 aliphatic carbocycles. The number of anilines is 1. The van der Waals surface area contributed by atoms with Crippen molar-refractivity contribution in [3.63, 3.8) is 0 Å². The Morgan fingerprint density at radius 1 is 1.13 bits per heavy atom. The molecule has 2 aromatic rings. The molecule has 2 atom stereocenters. The minimum atomic E-state index is -3.09. The summed E-state index contributed by atoms with van der Waals surface area (Å²) < 4.78 is 29.9. The van der Waals surface area contributed by atoms with E-state index in [1.807, 2.05) is 67.3 Å². The summed E-state index contributed by atoms with van der Waals surface area (Å²) in [6.45, 7) is 4.49. The molecule has 158 valence electrons. The van der Waals surface area contributed by atoms with Crippen molar-refractivity contribution >= 4 is 38.4 Å². The van der Waals surface area contributed by atoms with Crippen LogP contribution in [-0.2, 0) is 21.1 Å². The highest BCUT2D eigenvalue weighted by molar-refractivity contribution is 8.16. The summed E-state index contributed by atoms with van der Waals surface area (Å²) in [7, 11) is -3.09. The zero-order valence-corrected chi connectivity index (χ0v) is 18.6. The largest absolute Gasteiger partial charge is 0.494 e. The van der Waals surface area contributed by atoms with Gasteiger partial charge in [-0.15, -0.1) is 0 Å². The predicted molar refractivity (Wildman–Crippen MR) is 121 cm³/mol. The molecule has 0 unspecified atom stereocenters. The molecular weight excluding hydrogens is 420 g/mol. The second-order valence-electron chi connectivity index (χ2n) is 7.55. The van der Waals surface area contributed by atoms with Gasteiger partial charge in [0, 0.05) is 10.9 Å². The van der Waals surface area contributed by atoms with Crippen molar-refractivity contribution in [3.8, 4) is 5.75 Å². The van der Waals surface area contributed by atoms with Crippen LogP contribution >= 0.6 is 11.8 Å². The number of ether oxygens (including phenoxy) is 1. The smallest absolute Gasteiger partial charge is 0.252 e. The van der Waals surface area contributed by atoms with E-state index in [4.69, 9.17) is 4.74 Å². The molecule has 8 heteroatoms. The molecule has 4 rings (SSSR count). The van der Waals surface area contributed by atoms with Gasteiger partial charge in [0.25, 0.3) is 5.91 Å². The van der Waals surface area contributed by atoms with E-state index in [1.165, 1.54) is 11.8 Å². The van der Waals surface area contributed by atoms with Crippen molar-refractivity contribution in [3.05, 3.63) is 59.7 Å². The lowest BCUT2D eigenvalue weighted by Gasteiger charge is -2.24. The van der Waals surface area contributed by atoms with E-state index in [0.29, 0.717) is 11.8 Å². The van der Waals surface area contributed by atoms with Crippen LogP contribution in [0.25, 0.3) is 0 Å². The van der Waals surface area contributed by atoms with Crippen LogP contribution in [0.4, 0.5) is 5.69 Å². The highest BCUT2D eigenvalue weighted by Crippen LogP contribution is 2.41. The first-order valence-corrected chi connectivity index (χ1v) is 12.6. The Morgan fingerprint density at radius 2 is 1.83 bits per heavy atom. The van der Waals surface area contributed by atoms with Crippen molar-refractivity contribution in [2.75, 3.05) is 23.0 Å². The van der Waals surface area contributed by atoms with E-state index in [1.54, 1.807) is 0 Å². The van der Waals surface area contributed by atoms with Crippen molar-refractivity contribution < 1.29 is 17.9 Å². The van der Waals surface area contributed by atoms with Crippen molar-refractivity contribution in [2.24, 2.45) is 4.99 Å². The van der Waals surface area contributed by atoms with Gasteiger partial charge in [0.1, 0.15) is 5.75 Å². The fourth-order valence-corrected chi connectivity index (χ4v) is 7.69. The van der Waals surface area contributed by atoms with E-state index in [-0.39, 0.29) is 35.1 Å². The molecule has 2 aliphatic rings. The molecule has 2 aromatic carbocycles. The van der Waals surface area contributed by atoms with Gasteiger partial charge in [0.05, 0.1) is 30.6 Å². The Bertz CT molecular complexity index is 1060. The number of benzene rings is 2. The average molecular weight is 445 g/mol. The minimum absolute atomic E-state index is 0.0725. The van der Waals surface area contributed by atoms with Gasteiger partial charge in [0.15, 0.2) is 15.0 Å². The molecule has 1 amide bonds. The summed E-state index contributed by atoms with van der Waals surface area (Å²) in [6, 6.07) is 15.1. The third kappa shape index (κ3) is 4.54. The molecule has 2 heterocycles. The highest BCUT2D eigenvalue weighted by Gasteiger charge is 2.49. The summed E-state index contributed by atoms with van der Waals surface area (Å²) in [6.07, 6.45) is 0.217. The number of hydrogen-bond acceptors (Lipinski definition) is 5. The van der Waals surface area contributed by atoms with Crippen molar-refractivity contribution in [1.29, 1.82) is 0 Å². The maximum Gasteiger partial charge on any atom is 0.252 e. The lowest BCUT2D eigenvalue weighted by atomic mass is 10.1. The van der Waals surface area contributed by atoms with Crippen LogP contribution in [0.1, 0.15) is 18.1 Å². The first-order valence-electron chi connectivity index (χ1n) is 9.91. The summed E-state index contributed by atoms with van der Waals surface area (Å²) in [4.78, 5) is 18.9. The molecule has 2 fully saturated rings. The Morgan fingerprint density at radius 3 is 2.50 bits per heavy atom. The van der Waals surface area contributed by atoms with Crippen molar-refractivity contribution in [2.45, 2.75) is 31.6 Å². The highest BCUT2D eigenvalue weighted by atomic mass is 32.2. The number of sulfone groups is 1. The molecule has 0 N–H and O–H groups in total. The summed E-state index contributed by atoms with van der Waals surface area (Å²) >= 11 is 1.39. The van der Waals surface area contributed by atoms with Crippen LogP contribution in [-0.4, -0.2) is 48.9 Å². The number of thioether (sulfide) groups is 1. The van der Waals surface area contributed by atoms with Crippen LogP contribution in [0, 0.1) is 6.92 Å². The van der Waals surface area contributed by atoms with Crippen LogP contribution in [0.15, 0.2) is 53.5 Å². The third-order valence-corrected chi connectivity index (χ3v) is 8.40. The van der Waals surface area contributed by atoms with Gasteiger partial charge in [-0.3, -0.25) is 4.79 Å². The van der Waals surface area contributed by atoms with Crippen molar-refractivity contribution in [1.82, 2.24) is 0 Å². The number of rotatable bonds is 5. The molecule has 6 nitrogen and oxygen atoms in total. The van der Waals surface area contributed by atoms with Crippen LogP contribution in [0.3, 0.4) is 0 Å². The van der Waals surface area contributed by atoms with Gasteiger partial charge in [0.2, 0.25) is 0 Å². The fraction of sp³-hybridized carbons (Fsp3) is 0.364. The monoisotopic (exact) mass is 444 g/mol. The topological polar surface area (TPSA) is 76.0 Å². The number of fused-ring (bicyclic) bond motifs is 1. The van der Waals surface area contributed by atoms with Gasteiger partial charge in [-0.2, -0.15) is 4.99 Å². The van der Waals surface area contributed by atoms with Gasteiger partial charge in [-0.1, -0.05) is 41.6 Å². The maximum atomic E-state index is 12.7. The second-order valence-corrected chi connectivity index (χ2v) is 10.9. The zero-order chi connectivity index (χ0) is 21.3. The standard InChI is InChI=1S/C22H24N2O4S2/c1-3-28-18-10-8-17(9-11-18)24-19-13-30(26,27)14-20(19)29-22(24)23-21(25)12-16-6-4-15(2)5-7-16/h4-11,19-20H,3,12-14H2,1-2H3/t19-,20-/m0/s1. The molecule has 0 bridgehead atoms. The second kappa shape index (κ2) is 8.43. The number of carbonyl (C=O) groups is 1. The van der Waals surface area contributed by atoms with E-state index >= 15 is 0 Å². The third-order valence-electron chi connectivity index (χ3n) is 5.19. The summed E-state index contributed by atoms with van der Waals surface area (Å²) in [5.41, 5.74) is 2.87. The number of nitrogens with zero attached hydrogens (tertiary/aromatic N) is 2. The predicted octanol–water partition coefficient (Wildman–Crippen LogP) is 3.24. The molecule has 0 saturated carbocycles. The lowest BCUT2D eigenvalue weighted by molar-refractivity contribution is -0.117. The van der Waals surface area contributed by atoms with E-state index in [0.717, 1.165) is 22.6 Å². The number of hydrogen-bond donors (Lipinski definition) is 0. The fourth-order valence-electron chi connectivity index (χ4n) is 3.76. The van der Waals surface area contributed by atoms with Crippen LogP contribution < -0.4 is 9.64 Å². The Kier molecular flexibility index (Phi) is 5.88. The first-order chi connectivity index (χ1) is 14.3. The Balaban J connectivity index is 1.61. The summed E-state index contributed by atoms with van der Waals surface area (Å²) in [5.74, 6) is 0.696. The SMILES string of the molecule is CCOc1ccc(N2C(=NC(=O)Cc3ccc(C)cc3)S[C@H]3CS(=O)(=O)C[C@@H]32)cc1. The molecule has 30 heavy (non-hydrogen) atoms. The Hall–Kier alpha value is -2.32. The molecule has 2 aliphatic heterocycles. The number of aliphatic imine (C=N–C) groups is 1. The van der Waals surface area contributed by atoms with Crippen LogP contribution in [0.2, 0.25) is 0 Å². The molecule has 0 radical (unpaired) electrons. The normalized spacial score (nSPS) is 23.5. The average Bonchev–Trinajstić information content (AvgIpc) is 3.15. The number of aryl methyl sites for hydroxylation is 1. The number of carbonyl (C=O) groups excluding carboxylic acids is 1. The zero-order valence-electron chi connectivity index (χ0n) is 16.9. The van der Waals surface area contributed by atoms with E-state index in [9.17, 15) is 13.2 Å². The molecule has 2 saturated heterocycles. The molecular formula is C22H24N2O4S2. The molecule has 0 spiro atoms. The quantitative estimate of drug-likeness (QED) is 0.705. The maximum absolute atomic E-state index is 12.7. The summed E-state index contributed by atoms with van der Waals surface area (Å²) in [5, 5.41) is 0.452. The van der Waals surface area contributed by atoms with Gasteiger partial charge in [-0.05, 0) is 43.7 Å².